The molecule has 51 heavy (non-hydrogen) atoms. The van der Waals surface area contributed by atoms with E-state index in [9.17, 15) is 0 Å². The van der Waals surface area contributed by atoms with Crippen molar-refractivity contribution in [2.75, 3.05) is 0 Å². The van der Waals surface area contributed by atoms with E-state index in [1.807, 2.05) is 13.8 Å². The zero-order valence-corrected chi connectivity index (χ0v) is 34.6. The Hall–Kier alpha value is -4.21. The predicted molar refractivity (Wildman–Crippen MR) is 209 cm³/mol. The van der Waals surface area contributed by atoms with E-state index in [4.69, 9.17) is 8.83 Å². The van der Waals surface area contributed by atoms with Crippen LogP contribution >= 0.6 is 0 Å². The summed E-state index contributed by atoms with van der Waals surface area (Å²) < 4.78 is 13.5. The first-order valence-electron chi connectivity index (χ1n) is 18.2. The van der Waals surface area contributed by atoms with E-state index in [2.05, 4.69) is 163 Å². The van der Waals surface area contributed by atoms with E-state index in [1.165, 1.54) is 66.8 Å². The summed E-state index contributed by atoms with van der Waals surface area (Å²) >= 11 is -1.64. The molecule has 2 aliphatic carbocycles. The van der Waals surface area contributed by atoms with Crippen molar-refractivity contribution >= 4 is 23.3 Å². The molecule has 2 nitrogen and oxygen atoms in total. The van der Waals surface area contributed by atoms with Crippen molar-refractivity contribution < 1.29 is 31.7 Å². The van der Waals surface area contributed by atoms with Crippen LogP contribution < -0.4 is 0 Å². The van der Waals surface area contributed by atoms with Gasteiger partial charge in [-0.3, -0.25) is 0 Å². The van der Waals surface area contributed by atoms with Gasteiger partial charge in [0.1, 0.15) is 0 Å². The van der Waals surface area contributed by atoms with E-state index in [0.717, 1.165) is 23.0 Å². The molecule has 2 atom stereocenters. The molecule has 4 aromatic carbocycles. The van der Waals surface area contributed by atoms with Gasteiger partial charge in [0.15, 0.2) is 0 Å². The maximum atomic E-state index is 6.42. The molecule has 3 heteroatoms. The first-order valence-corrected chi connectivity index (χ1v) is 22.3. The molecule has 254 valence electrons. The topological polar surface area (TPSA) is 26.3 Å². The van der Waals surface area contributed by atoms with Crippen LogP contribution in [-0.4, -0.2) is 0 Å². The van der Waals surface area contributed by atoms with Crippen LogP contribution in [0.3, 0.4) is 0 Å². The van der Waals surface area contributed by atoms with Crippen molar-refractivity contribution in [2.24, 2.45) is 0 Å². The van der Waals surface area contributed by atoms with Gasteiger partial charge in [-0.05, 0) is 0 Å². The van der Waals surface area contributed by atoms with E-state index < -0.39 is 22.9 Å². The molecule has 0 saturated heterocycles. The predicted octanol–water partition coefficient (Wildman–Crippen LogP) is 13.4. The standard InChI is InChI=1S/2C24H23O.Hf/c2*1-16-8-13-23(25-16)19-14-18-6-5-7-21(22(18)15-19)17-9-11-20(12-10-17)24(2,3)4;/h2*5-15H,1-4H3;. The zero-order valence-electron chi connectivity index (χ0n) is 31.0. The molecule has 0 amide bonds. The third-order valence-corrected chi connectivity index (χ3v) is 17.5. The Bertz CT molecular complexity index is 2150. The molecule has 0 radical (unpaired) electrons. The van der Waals surface area contributed by atoms with Gasteiger partial charge in [0.2, 0.25) is 0 Å². The van der Waals surface area contributed by atoms with Gasteiger partial charge in [0.05, 0.1) is 0 Å². The maximum absolute atomic E-state index is 6.42. The summed E-state index contributed by atoms with van der Waals surface area (Å²) in [5.41, 5.74) is 16.3. The van der Waals surface area contributed by atoms with Crippen LogP contribution in [0.2, 0.25) is 0 Å². The fraction of sp³-hybridized carbons (Fsp3) is 0.250. The molecule has 6 aromatic rings. The fourth-order valence-corrected chi connectivity index (χ4v) is 14.9. The molecule has 2 unspecified atom stereocenters. The Morgan fingerprint density at radius 3 is 1.20 bits per heavy atom. The van der Waals surface area contributed by atoms with Crippen molar-refractivity contribution in [3.8, 4) is 22.3 Å². The van der Waals surface area contributed by atoms with Gasteiger partial charge in [0, 0.05) is 0 Å². The van der Waals surface area contributed by atoms with E-state index in [1.54, 1.807) is 0 Å². The summed E-state index contributed by atoms with van der Waals surface area (Å²) in [7, 11) is 0. The van der Waals surface area contributed by atoms with Crippen LogP contribution in [0, 0.1) is 13.8 Å². The zero-order chi connectivity index (χ0) is 35.7. The second kappa shape index (κ2) is 12.8. The quantitative estimate of drug-likeness (QED) is 0.156. The SMILES string of the molecule is Cc1ccc(C2=Cc3c(-c4ccc(C(C)(C)C)cc4)cccc3[CH]2[Hf][CH]2C(c3ccc(C)o3)=Cc3c(-c4ccc(C(C)(C)C)cc4)cccc32)o1. The summed E-state index contributed by atoms with van der Waals surface area (Å²) in [6, 6.07) is 40.8. The molecule has 2 heterocycles. The van der Waals surface area contributed by atoms with E-state index >= 15 is 0 Å². The number of allylic oxidation sites excluding steroid dienone is 2. The molecule has 0 saturated carbocycles. The summed E-state index contributed by atoms with van der Waals surface area (Å²) in [5.74, 6) is 3.90. The van der Waals surface area contributed by atoms with Gasteiger partial charge in [0.25, 0.3) is 0 Å². The Balaban J connectivity index is 1.24. The Morgan fingerprint density at radius 2 is 0.863 bits per heavy atom. The summed E-state index contributed by atoms with van der Waals surface area (Å²) in [4.78, 5) is 0. The van der Waals surface area contributed by atoms with Crippen LogP contribution in [0.5, 0.6) is 0 Å². The van der Waals surface area contributed by atoms with Crippen molar-refractivity contribution in [2.45, 2.75) is 73.6 Å². The fourth-order valence-electron chi connectivity index (χ4n) is 7.74. The second-order valence-electron chi connectivity index (χ2n) is 16.3. The molecule has 0 N–H and O–H groups in total. The average Bonchev–Trinajstić information content (AvgIpc) is 3.90. The number of aryl methyl sites for hydroxylation is 2. The molecule has 0 aliphatic heterocycles. The molecule has 0 spiro atoms. The second-order valence-corrected chi connectivity index (χ2v) is 21.7. The number of hydrogen-bond donors (Lipinski definition) is 0. The summed E-state index contributed by atoms with van der Waals surface area (Å²) in [6.07, 6.45) is 4.89. The van der Waals surface area contributed by atoms with Crippen LogP contribution in [0.25, 0.3) is 45.6 Å². The molecule has 8 rings (SSSR count). The summed E-state index contributed by atoms with van der Waals surface area (Å²) in [6.45, 7) is 17.8. The molecular formula is C48H46HfO2. The van der Waals surface area contributed by atoms with Gasteiger partial charge >= 0.3 is 316 Å². The van der Waals surface area contributed by atoms with Gasteiger partial charge in [-0.25, -0.2) is 0 Å². The molecular weight excluding hydrogens is 787 g/mol. The van der Waals surface area contributed by atoms with E-state index in [0.29, 0.717) is 7.35 Å². The van der Waals surface area contributed by atoms with Crippen LogP contribution in [0.15, 0.2) is 118 Å². The number of furan rings is 2. The number of benzene rings is 4. The van der Waals surface area contributed by atoms with Crippen molar-refractivity contribution in [1.82, 2.24) is 0 Å². The first-order chi connectivity index (χ1) is 24.3. The van der Waals surface area contributed by atoms with Crippen LogP contribution in [-0.2, 0) is 33.7 Å². The third-order valence-electron chi connectivity index (χ3n) is 10.6. The number of fused-ring (bicyclic) bond motifs is 2. The minimum absolute atomic E-state index is 0.116. The molecule has 0 fully saturated rings. The number of hydrogen-bond acceptors (Lipinski definition) is 2. The third kappa shape index (κ3) is 6.33. The van der Waals surface area contributed by atoms with E-state index in [-0.39, 0.29) is 10.8 Å². The molecule has 2 aliphatic rings. The Kier molecular flexibility index (Phi) is 8.50. The van der Waals surface area contributed by atoms with Gasteiger partial charge < -0.3 is 0 Å². The molecule has 2 aromatic heterocycles. The van der Waals surface area contributed by atoms with Crippen LogP contribution in [0.1, 0.15) is 105 Å². The first kappa shape index (κ1) is 33.9. The van der Waals surface area contributed by atoms with Gasteiger partial charge in [-0.2, -0.15) is 0 Å². The Morgan fingerprint density at radius 1 is 0.471 bits per heavy atom. The Labute approximate surface area is 314 Å². The van der Waals surface area contributed by atoms with Crippen molar-refractivity contribution in [1.29, 1.82) is 0 Å². The monoisotopic (exact) mass is 834 g/mol. The van der Waals surface area contributed by atoms with Gasteiger partial charge in [-0.15, -0.1) is 0 Å². The average molecular weight is 833 g/mol. The summed E-state index contributed by atoms with van der Waals surface area (Å²) in [5, 5.41) is 0. The number of rotatable bonds is 6. The normalized spacial score (nSPS) is 16.9. The molecule has 0 bridgehead atoms. The van der Waals surface area contributed by atoms with Crippen LogP contribution in [0.4, 0.5) is 0 Å². The van der Waals surface area contributed by atoms with Gasteiger partial charge in [-0.1, -0.05) is 0 Å². The van der Waals surface area contributed by atoms with Crippen molar-refractivity contribution in [3.05, 3.63) is 166 Å². The van der Waals surface area contributed by atoms with Crippen molar-refractivity contribution in [3.63, 3.8) is 0 Å². The minimum atomic E-state index is -1.64.